The topological polar surface area (TPSA) is 249 Å². The van der Waals surface area contributed by atoms with E-state index in [0.29, 0.717) is 28.9 Å². The SMILES string of the molecule is CCC(C)[C@H](CC(=O)Cc1ccc(NC(=O)Nc2ccccc2C)cc1)C(=O)N[C@@H](CCCC(=O)O)C(=O)C[C@@H](CO)C(=O)N[C@@H](Cc1ccc(O)cc1)C(=O)O. The molecule has 1 unspecified atom stereocenters. The summed E-state index contributed by atoms with van der Waals surface area (Å²) >= 11 is 0. The number of phenolic OH excluding ortho intramolecular Hbond substituents is 1. The molecule has 0 spiro atoms. The van der Waals surface area contributed by atoms with Crippen molar-refractivity contribution >= 4 is 52.7 Å². The average molecular weight is 789 g/mol. The minimum absolute atomic E-state index is 0.00105. The van der Waals surface area contributed by atoms with Crippen molar-refractivity contribution in [1.29, 1.82) is 0 Å². The number of aliphatic hydroxyl groups is 1. The van der Waals surface area contributed by atoms with Crippen LogP contribution in [0.25, 0.3) is 0 Å². The number of carbonyl (C=O) groups is 7. The number of rotatable bonds is 23. The van der Waals surface area contributed by atoms with Crippen molar-refractivity contribution < 1.29 is 54.0 Å². The van der Waals surface area contributed by atoms with E-state index < -0.39 is 72.5 Å². The fourth-order valence-corrected chi connectivity index (χ4v) is 6.12. The Morgan fingerprint density at radius 2 is 1.39 bits per heavy atom. The lowest BCUT2D eigenvalue weighted by atomic mass is 9.85. The van der Waals surface area contributed by atoms with Crippen LogP contribution in [0.4, 0.5) is 16.2 Å². The molecule has 0 aliphatic heterocycles. The number of carbonyl (C=O) groups excluding carboxylic acids is 5. The summed E-state index contributed by atoms with van der Waals surface area (Å²) in [6, 6.07) is 16.6. The molecule has 0 saturated carbocycles. The van der Waals surface area contributed by atoms with E-state index in [1.165, 1.54) is 24.3 Å². The van der Waals surface area contributed by atoms with Gasteiger partial charge in [-0.15, -0.1) is 0 Å². The third kappa shape index (κ3) is 15.2. The molecule has 3 aromatic rings. The summed E-state index contributed by atoms with van der Waals surface area (Å²) in [5.41, 5.74) is 3.22. The lowest BCUT2D eigenvalue weighted by molar-refractivity contribution is -0.143. The van der Waals surface area contributed by atoms with Gasteiger partial charge in [0.05, 0.1) is 18.6 Å². The Kier molecular flexibility index (Phi) is 17.8. The van der Waals surface area contributed by atoms with Crippen LogP contribution in [0.3, 0.4) is 0 Å². The second-order valence-corrected chi connectivity index (χ2v) is 14.2. The number of hydrogen-bond donors (Lipinski definition) is 8. The molecule has 0 bridgehead atoms. The highest BCUT2D eigenvalue weighted by Crippen LogP contribution is 2.23. The van der Waals surface area contributed by atoms with Crippen LogP contribution in [0.15, 0.2) is 72.8 Å². The van der Waals surface area contributed by atoms with Gasteiger partial charge in [-0.1, -0.05) is 62.7 Å². The molecule has 0 aliphatic rings. The maximum atomic E-state index is 13.8. The summed E-state index contributed by atoms with van der Waals surface area (Å²) < 4.78 is 0. The van der Waals surface area contributed by atoms with Gasteiger partial charge >= 0.3 is 18.0 Å². The van der Waals surface area contributed by atoms with Crippen LogP contribution < -0.4 is 21.3 Å². The molecular formula is C42H52N4O11. The molecule has 15 heteroatoms. The van der Waals surface area contributed by atoms with Gasteiger partial charge in [0.15, 0.2) is 5.78 Å². The number of anilines is 2. The molecule has 306 valence electrons. The number of benzene rings is 3. The van der Waals surface area contributed by atoms with E-state index >= 15 is 0 Å². The Hall–Kier alpha value is -6.09. The number of phenols is 1. The molecule has 4 amide bonds. The highest BCUT2D eigenvalue weighted by atomic mass is 16.4. The molecule has 3 rings (SSSR count). The Labute approximate surface area is 331 Å². The van der Waals surface area contributed by atoms with Crippen molar-refractivity contribution in [3.63, 3.8) is 0 Å². The van der Waals surface area contributed by atoms with Crippen molar-refractivity contribution in [3.05, 3.63) is 89.5 Å². The average Bonchev–Trinajstić information content (AvgIpc) is 3.17. The van der Waals surface area contributed by atoms with E-state index in [9.17, 15) is 54.0 Å². The van der Waals surface area contributed by atoms with E-state index in [1.807, 2.05) is 32.0 Å². The number of ketones is 2. The zero-order chi connectivity index (χ0) is 42.1. The smallest absolute Gasteiger partial charge is 0.326 e. The fraction of sp³-hybridized carbons (Fsp3) is 0.405. The molecule has 0 saturated heterocycles. The molecule has 0 radical (unpaired) electrons. The van der Waals surface area contributed by atoms with Crippen molar-refractivity contribution in [2.45, 2.75) is 84.2 Å². The number of aliphatic carboxylic acids is 2. The largest absolute Gasteiger partial charge is 0.508 e. The Morgan fingerprint density at radius 1 is 0.754 bits per heavy atom. The van der Waals surface area contributed by atoms with E-state index in [0.717, 1.165) is 5.56 Å². The number of aryl methyl sites for hydroxylation is 1. The van der Waals surface area contributed by atoms with Gasteiger partial charge in [0.2, 0.25) is 11.8 Å². The summed E-state index contributed by atoms with van der Waals surface area (Å²) in [5, 5.41) is 49.0. The monoisotopic (exact) mass is 788 g/mol. The highest BCUT2D eigenvalue weighted by molar-refractivity contribution is 6.00. The first kappa shape index (κ1) is 45.3. The molecule has 0 heterocycles. The molecule has 5 atom stereocenters. The normalized spacial score (nSPS) is 13.5. The second-order valence-electron chi connectivity index (χ2n) is 14.2. The summed E-state index contributed by atoms with van der Waals surface area (Å²) in [7, 11) is 0. The molecule has 15 nitrogen and oxygen atoms in total. The molecule has 0 aliphatic carbocycles. The standard InChI is InChI=1S/C42H52N4O11/c1-4-25(2)33(23-32(49)20-27-12-16-30(17-13-27)43-42(57)46-34-9-6-5-8-26(34)3)40(54)44-35(10-7-11-38(51)52)37(50)22-29(24-47)39(53)45-36(41(55)56)21-28-14-18-31(48)19-15-28/h5-6,8-9,12-19,25,29,33,35-36,47-48H,4,7,10-11,20-24H2,1-3H3,(H,44,54)(H,45,53)(H,51,52)(H,55,56)(H2,43,46,57)/t25?,29-,33-,35-,36-/m0/s1. The lowest BCUT2D eigenvalue weighted by Crippen LogP contribution is -2.48. The predicted molar refractivity (Wildman–Crippen MR) is 212 cm³/mol. The van der Waals surface area contributed by atoms with Crippen LogP contribution in [-0.4, -0.2) is 80.5 Å². The number of nitrogens with one attached hydrogen (secondary N) is 4. The summed E-state index contributed by atoms with van der Waals surface area (Å²) in [4.78, 5) is 89.5. The maximum absolute atomic E-state index is 13.8. The Morgan fingerprint density at radius 3 is 1.98 bits per heavy atom. The predicted octanol–water partition coefficient (Wildman–Crippen LogP) is 4.63. The van der Waals surface area contributed by atoms with Gasteiger partial charge in [0.25, 0.3) is 0 Å². The minimum Gasteiger partial charge on any atom is -0.508 e. The van der Waals surface area contributed by atoms with Crippen LogP contribution in [0, 0.1) is 24.7 Å². The number of Topliss-reactive ketones (excluding diaryl/α,β-unsaturated/α-hetero) is 2. The number of urea groups is 1. The maximum Gasteiger partial charge on any atom is 0.326 e. The first-order chi connectivity index (χ1) is 27.1. The highest BCUT2D eigenvalue weighted by Gasteiger charge is 2.33. The molecule has 3 aromatic carbocycles. The number of amides is 4. The van der Waals surface area contributed by atoms with Crippen LogP contribution in [-0.2, 0) is 41.6 Å². The number of hydrogen-bond acceptors (Lipinski definition) is 9. The summed E-state index contributed by atoms with van der Waals surface area (Å²) in [6.07, 6.45) is -0.774. The van der Waals surface area contributed by atoms with Gasteiger partial charge in [-0.05, 0) is 72.7 Å². The van der Waals surface area contributed by atoms with Gasteiger partial charge in [-0.3, -0.25) is 24.0 Å². The molecule has 0 aromatic heterocycles. The zero-order valence-electron chi connectivity index (χ0n) is 32.3. The first-order valence-corrected chi connectivity index (χ1v) is 18.8. The summed E-state index contributed by atoms with van der Waals surface area (Å²) in [5.74, 6) is -7.48. The van der Waals surface area contributed by atoms with Gasteiger partial charge in [-0.25, -0.2) is 9.59 Å². The number of carboxylic acid groups (broad SMARTS) is 2. The van der Waals surface area contributed by atoms with Gasteiger partial charge in [0, 0.05) is 49.4 Å². The van der Waals surface area contributed by atoms with E-state index in [1.54, 1.807) is 37.3 Å². The fourth-order valence-electron chi connectivity index (χ4n) is 6.12. The van der Waals surface area contributed by atoms with Crippen molar-refractivity contribution in [2.24, 2.45) is 17.8 Å². The van der Waals surface area contributed by atoms with E-state index in [4.69, 9.17) is 0 Å². The van der Waals surface area contributed by atoms with Crippen molar-refractivity contribution in [2.75, 3.05) is 17.2 Å². The number of aromatic hydroxyl groups is 1. The van der Waals surface area contributed by atoms with Crippen LogP contribution >= 0.6 is 0 Å². The Balaban J connectivity index is 1.66. The van der Waals surface area contributed by atoms with E-state index in [-0.39, 0.29) is 56.0 Å². The lowest BCUT2D eigenvalue weighted by Gasteiger charge is -2.26. The number of para-hydroxylation sites is 1. The molecule has 8 N–H and O–H groups in total. The van der Waals surface area contributed by atoms with Crippen LogP contribution in [0.5, 0.6) is 5.75 Å². The minimum atomic E-state index is -1.42. The second kappa shape index (κ2) is 22.5. The van der Waals surface area contributed by atoms with Gasteiger partial charge < -0.3 is 41.7 Å². The number of aliphatic hydroxyl groups excluding tert-OH is 1. The third-order valence-corrected chi connectivity index (χ3v) is 9.74. The number of carboxylic acids is 2. The van der Waals surface area contributed by atoms with Crippen LogP contribution in [0.1, 0.15) is 69.1 Å². The van der Waals surface area contributed by atoms with Crippen molar-refractivity contribution in [3.8, 4) is 5.75 Å². The quantitative estimate of drug-likeness (QED) is 0.0658. The van der Waals surface area contributed by atoms with Crippen LogP contribution in [0.2, 0.25) is 0 Å². The molecular weight excluding hydrogens is 736 g/mol. The van der Waals surface area contributed by atoms with Gasteiger partial charge in [0.1, 0.15) is 17.6 Å². The summed E-state index contributed by atoms with van der Waals surface area (Å²) in [6.45, 7) is 4.70. The molecule has 0 fully saturated rings. The van der Waals surface area contributed by atoms with Crippen molar-refractivity contribution in [1.82, 2.24) is 10.6 Å². The molecule has 57 heavy (non-hydrogen) atoms. The Bertz CT molecular complexity index is 1860. The first-order valence-electron chi connectivity index (χ1n) is 18.8. The van der Waals surface area contributed by atoms with E-state index in [2.05, 4.69) is 21.3 Å². The zero-order valence-corrected chi connectivity index (χ0v) is 32.3. The van der Waals surface area contributed by atoms with Gasteiger partial charge in [-0.2, -0.15) is 0 Å². The third-order valence-electron chi connectivity index (χ3n) is 9.74.